The fraction of sp³-hybridized carbons (Fsp3) is 1.00. The lowest BCUT2D eigenvalue weighted by atomic mass is 10.00. The van der Waals surface area contributed by atoms with Gasteiger partial charge in [0.1, 0.15) is 0 Å². The lowest BCUT2D eigenvalue weighted by Gasteiger charge is -2.07. The first-order valence-corrected chi connectivity index (χ1v) is 10.3. The topological polar surface area (TPSA) is 0 Å². The van der Waals surface area contributed by atoms with E-state index in [0.717, 1.165) is 17.8 Å². The highest BCUT2D eigenvalue weighted by atomic mass is 14.0. The Hall–Kier alpha value is 0. The number of hydrogen-bond acceptors (Lipinski definition) is 0. The maximum Gasteiger partial charge on any atom is -0.0443 e. The van der Waals surface area contributed by atoms with Crippen LogP contribution in [0.2, 0.25) is 0 Å². The van der Waals surface area contributed by atoms with Gasteiger partial charge in [-0.05, 0) is 17.8 Å². The van der Waals surface area contributed by atoms with Gasteiger partial charge in [0.05, 0.1) is 0 Å². The molecule has 0 saturated heterocycles. The summed E-state index contributed by atoms with van der Waals surface area (Å²) in [5.41, 5.74) is 0. The second kappa shape index (κ2) is 37.3. The van der Waals surface area contributed by atoms with Crippen LogP contribution in [0.4, 0.5) is 0 Å². The highest BCUT2D eigenvalue weighted by molar-refractivity contribution is 4.50. The quantitative estimate of drug-likeness (QED) is 0.457. The Morgan fingerprint density at radius 2 is 0.909 bits per heavy atom. The van der Waals surface area contributed by atoms with Crippen molar-refractivity contribution >= 4 is 0 Å². The van der Waals surface area contributed by atoms with E-state index in [2.05, 4.69) is 62.3 Å². The van der Waals surface area contributed by atoms with E-state index in [1.807, 2.05) is 27.7 Å². The van der Waals surface area contributed by atoms with Crippen molar-refractivity contribution in [1.29, 1.82) is 0 Å². The third-order valence-electron chi connectivity index (χ3n) is 2.65. The van der Waals surface area contributed by atoms with Crippen molar-refractivity contribution in [3.05, 3.63) is 0 Å². The molecule has 0 aromatic carbocycles. The first-order valence-electron chi connectivity index (χ1n) is 10.3. The van der Waals surface area contributed by atoms with E-state index >= 15 is 0 Å². The molecule has 0 N–H and O–H groups in total. The molecule has 22 heavy (non-hydrogen) atoms. The van der Waals surface area contributed by atoms with Gasteiger partial charge >= 0.3 is 0 Å². The third kappa shape index (κ3) is 89.1. The Labute approximate surface area is 146 Å². The molecular weight excluding hydrogens is 264 g/mol. The van der Waals surface area contributed by atoms with Crippen LogP contribution in [0.15, 0.2) is 0 Å². The fourth-order valence-corrected chi connectivity index (χ4v) is 1.19. The van der Waals surface area contributed by atoms with Gasteiger partial charge in [-0.25, -0.2) is 0 Å². The van der Waals surface area contributed by atoms with Crippen LogP contribution < -0.4 is 0 Å². The number of unbranched alkanes of at least 4 members (excludes halogenated alkanes) is 1. The zero-order chi connectivity index (χ0) is 19.0. The molecule has 0 saturated carbocycles. The van der Waals surface area contributed by atoms with Gasteiger partial charge in [-0.3, -0.25) is 0 Å². The van der Waals surface area contributed by atoms with E-state index in [0.29, 0.717) is 0 Å². The van der Waals surface area contributed by atoms with Crippen molar-refractivity contribution in [3.8, 4) is 0 Å². The largest absolute Gasteiger partial charge is 0.0683 e. The molecule has 0 aliphatic rings. The zero-order valence-electron chi connectivity index (χ0n) is 19.0. The van der Waals surface area contributed by atoms with E-state index in [9.17, 15) is 0 Å². The van der Waals surface area contributed by atoms with Crippen LogP contribution in [0.25, 0.3) is 0 Å². The van der Waals surface area contributed by atoms with E-state index < -0.39 is 0 Å². The van der Waals surface area contributed by atoms with Crippen LogP contribution in [-0.2, 0) is 0 Å². The Morgan fingerprint density at radius 3 is 1.09 bits per heavy atom. The van der Waals surface area contributed by atoms with Crippen molar-refractivity contribution in [2.75, 3.05) is 0 Å². The monoisotopic (exact) mass is 318 g/mol. The van der Waals surface area contributed by atoms with Gasteiger partial charge in [0.15, 0.2) is 0 Å². The molecule has 1 atom stereocenters. The Bertz CT molecular complexity index is 110. The van der Waals surface area contributed by atoms with E-state index in [1.165, 1.54) is 38.5 Å². The van der Waals surface area contributed by atoms with Gasteiger partial charge in [-0.15, -0.1) is 0 Å². The summed E-state index contributed by atoms with van der Waals surface area (Å²) >= 11 is 0. The summed E-state index contributed by atoms with van der Waals surface area (Å²) in [6.07, 6.45) is 8.28. The molecule has 0 fully saturated rings. The summed E-state index contributed by atoms with van der Waals surface area (Å²) in [5.74, 6) is 2.69. The van der Waals surface area contributed by atoms with Crippen molar-refractivity contribution in [1.82, 2.24) is 0 Å². The van der Waals surface area contributed by atoms with E-state index in [4.69, 9.17) is 0 Å². The highest BCUT2D eigenvalue weighted by Crippen LogP contribution is 2.12. The second-order valence-corrected chi connectivity index (χ2v) is 6.57. The molecule has 142 valence electrons. The molecule has 0 aliphatic heterocycles. The molecule has 0 radical (unpaired) electrons. The molecule has 0 aromatic rings. The highest BCUT2D eigenvalue weighted by Gasteiger charge is 1.97. The summed E-state index contributed by atoms with van der Waals surface area (Å²) in [6.45, 7) is 28.0. The van der Waals surface area contributed by atoms with Crippen LogP contribution in [0, 0.1) is 17.8 Å². The predicted octanol–water partition coefficient (Wildman–Crippen LogP) is 9.38. The van der Waals surface area contributed by atoms with Gasteiger partial charge in [-0.2, -0.15) is 0 Å². The second-order valence-electron chi connectivity index (χ2n) is 6.57. The summed E-state index contributed by atoms with van der Waals surface area (Å²) in [7, 11) is 0. The predicted molar refractivity (Wildman–Crippen MR) is 112 cm³/mol. The molecule has 0 aliphatic carbocycles. The van der Waals surface area contributed by atoms with E-state index in [-0.39, 0.29) is 0 Å². The number of hydrogen-bond donors (Lipinski definition) is 0. The third-order valence-corrected chi connectivity index (χ3v) is 2.65. The van der Waals surface area contributed by atoms with Crippen molar-refractivity contribution in [3.63, 3.8) is 0 Å². The smallest absolute Gasteiger partial charge is 0.0443 e. The molecule has 0 rings (SSSR count). The minimum absolute atomic E-state index is 0.833. The molecule has 0 bridgehead atoms. The molecule has 0 spiro atoms. The van der Waals surface area contributed by atoms with E-state index in [1.54, 1.807) is 0 Å². The molecule has 1 unspecified atom stereocenters. The summed E-state index contributed by atoms with van der Waals surface area (Å²) < 4.78 is 0. The van der Waals surface area contributed by atoms with Crippen LogP contribution >= 0.6 is 0 Å². The van der Waals surface area contributed by atoms with Crippen LogP contribution in [0.1, 0.15) is 129 Å². The summed E-state index contributed by atoms with van der Waals surface area (Å²) in [4.78, 5) is 0. The fourth-order valence-electron chi connectivity index (χ4n) is 1.19. The normalized spacial score (nSPS) is 9.95. The van der Waals surface area contributed by atoms with Gasteiger partial charge in [0.2, 0.25) is 0 Å². The minimum atomic E-state index is 0.833. The summed E-state index contributed by atoms with van der Waals surface area (Å²) in [6, 6.07) is 0. The average molecular weight is 319 g/mol. The molecule has 0 amide bonds. The lowest BCUT2D eigenvalue weighted by molar-refractivity contribution is 0.466. The van der Waals surface area contributed by atoms with Crippen molar-refractivity contribution in [2.24, 2.45) is 17.8 Å². The molecule has 0 aromatic heterocycles. The van der Waals surface area contributed by atoms with Gasteiger partial charge in [-0.1, -0.05) is 129 Å². The molecule has 0 heterocycles. The standard InChI is InChI=1S/C9H20.C5H12.C4H10.2C2H6/c1-4-6-8-9(3)7-5-2;1-4-5(2)3;1-4(2)3;2*1-2/h9H,4-8H2,1-3H3;5H,4H2,1-3H3;4H,1-3H3;2*1-2H3. The van der Waals surface area contributed by atoms with Crippen molar-refractivity contribution in [2.45, 2.75) is 129 Å². The Balaban J connectivity index is -0.0000000633. The van der Waals surface area contributed by atoms with Gasteiger partial charge < -0.3 is 0 Å². The first kappa shape index (κ1) is 33.6. The Kier molecular flexibility index (Phi) is 57.0. The zero-order valence-corrected chi connectivity index (χ0v) is 19.0. The maximum absolute atomic E-state index is 2.36. The lowest BCUT2D eigenvalue weighted by Crippen LogP contribution is -1.92. The van der Waals surface area contributed by atoms with Crippen molar-refractivity contribution < 1.29 is 0 Å². The molecule has 0 heteroatoms. The SMILES string of the molecule is CC.CC.CC(C)C.CCC(C)C.CCCCC(C)CCC. The average Bonchev–Trinajstić information content (AvgIpc) is 2.49. The minimum Gasteiger partial charge on any atom is -0.0683 e. The molecular formula is C22H54. The van der Waals surface area contributed by atoms with Crippen LogP contribution in [0.5, 0.6) is 0 Å². The first-order chi connectivity index (χ1) is 10.3. The van der Waals surface area contributed by atoms with Crippen LogP contribution in [0.3, 0.4) is 0 Å². The maximum atomic E-state index is 2.36. The Morgan fingerprint density at radius 1 is 0.591 bits per heavy atom. The van der Waals surface area contributed by atoms with Gasteiger partial charge in [0, 0.05) is 0 Å². The number of rotatable bonds is 6. The van der Waals surface area contributed by atoms with Gasteiger partial charge in [0.25, 0.3) is 0 Å². The molecule has 0 nitrogen and oxygen atoms in total. The van der Waals surface area contributed by atoms with Crippen LogP contribution in [-0.4, -0.2) is 0 Å². The summed E-state index contributed by atoms with van der Waals surface area (Å²) in [5, 5.41) is 0.